The van der Waals surface area contributed by atoms with Crippen LogP contribution in [0.25, 0.3) is 16.8 Å². The first kappa shape index (κ1) is 35.6. The van der Waals surface area contributed by atoms with E-state index >= 15 is 0 Å². The van der Waals surface area contributed by atoms with Gasteiger partial charge in [-0.25, -0.2) is 17.9 Å². The van der Waals surface area contributed by atoms with Gasteiger partial charge in [-0.3, -0.25) is 14.2 Å². The summed E-state index contributed by atoms with van der Waals surface area (Å²) in [6.45, 7) is 4.17. The highest BCUT2D eigenvalue weighted by Gasteiger charge is 2.24. The predicted octanol–water partition coefficient (Wildman–Crippen LogP) is 7.26. The van der Waals surface area contributed by atoms with Crippen LogP contribution in [0.15, 0.2) is 101 Å². The number of nitrogens with one attached hydrogen (secondary N) is 2. The third-order valence-electron chi connectivity index (χ3n) is 7.76. The highest BCUT2D eigenvalue weighted by Crippen LogP contribution is 2.29. The Morgan fingerprint density at radius 3 is 2.29 bits per heavy atom. The summed E-state index contributed by atoms with van der Waals surface area (Å²) in [5.41, 5.74) is 2.28. The molecule has 0 atom stereocenters. The van der Waals surface area contributed by atoms with Gasteiger partial charge in [-0.05, 0) is 60.4 Å². The lowest BCUT2D eigenvalue weighted by atomic mass is 10.0. The Kier molecular flexibility index (Phi) is 11.4. The fraction of sp³-hybridized carbons (Fsp3) is 0.222. The van der Waals surface area contributed by atoms with E-state index in [1.165, 1.54) is 22.9 Å². The van der Waals surface area contributed by atoms with E-state index in [0.717, 1.165) is 18.4 Å². The molecule has 2 amide bonds. The van der Waals surface area contributed by atoms with Crippen LogP contribution >= 0.6 is 23.2 Å². The first-order valence-electron chi connectivity index (χ1n) is 15.8. The molecule has 2 N–H and O–H groups in total. The number of halogens is 2. The normalized spacial score (nSPS) is 11.3. The molecule has 13 heteroatoms. The Balaban J connectivity index is 1.43. The number of carbonyl (C=O) groups excluding carboxylic acids is 2. The minimum atomic E-state index is -4.27. The van der Waals surface area contributed by atoms with Gasteiger partial charge in [-0.15, -0.1) is 5.10 Å². The fourth-order valence-electron chi connectivity index (χ4n) is 5.26. The number of rotatable bonds is 13. The van der Waals surface area contributed by atoms with Gasteiger partial charge in [0.1, 0.15) is 5.82 Å². The molecule has 5 aromatic rings. The number of nitrogens with zero attached hydrogens (tertiary/aromatic N) is 3. The molecule has 4 aromatic carbocycles. The molecule has 0 aliphatic heterocycles. The van der Waals surface area contributed by atoms with Crippen LogP contribution in [0.3, 0.4) is 0 Å². The maximum absolute atomic E-state index is 13.8. The van der Waals surface area contributed by atoms with E-state index in [2.05, 4.69) is 22.1 Å². The van der Waals surface area contributed by atoms with Crippen LogP contribution in [0.1, 0.15) is 61.3 Å². The van der Waals surface area contributed by atoms with Crippen molar-refractivity contribution in [1.82, 2.24) is 19.1 Å². The highest BCUT2D eigenvalue weighted by molar-refractivity contribution is 7.90. The van der Waals surface area contributed by atoms with Crippen LogP contribution in [0.2, 0.25) is 10.0 Å². The average molecular weight is 721 g/mol. The van der Waals surface area contributed by atoms with E-state index in [0.29, 0.717) is 52.6 Å². The van der Waals surface area contributed by atoms with E-state index in [4.69, 9.17) is 23.2 Å². The van der Waals surface area contributed by atoms with E-state index in [1.807, 2.05) is 19.1 Å². The topological polar surface area (TPSA) is 132 Å². The standard InChI is InChI=1S/C36H35Cl2N5O5S/c1-3-5-15-33-40-43(31-22-26(20-21-30(31)38)39-34(44)10-4-2)36(46)42(33)23-24-16-18-25(19-17-24)27-11-7-9-14-32(27)49(47,48)41-35(45)28-12-6-8-13-29(28)37/h6-9,11-14,16-22H,3-5,10,15,23H2,1-2H3,(H,39,44)(H,41,45). The molecule has 0 aliphatic rings. The summed E-state index contributed by atoms with van der Waals surface area (Å²) in [6, 6.07) is 24.6. The van der Waals surface area contributed by atoms with Crippen molar-refractivity contribution in [1.29, 1.82) is 0 Å². The van der Waals surface area contributed by atoms with Crippen LogP contribution in [0, 0.1) is 0 Å². The predicted molar refractivity (Wildman–Crippen MR) is 192 cm³/mol. The molecule has 0 unspecified atom stereocenters. The van der Waals surface area contributed by atoms with Crippen molar-refractivity contribution >= 4 is 50.7 Å². The molecule has 0 saturated heterocycles. The van der Waals surface area contributed by atoms with Gasteiger partial charge in [-0.1, -0.05) is 98.1 Å². The summed E-state index contributed by atoms with van der Waals surface area (Å²) in [4.78, 5) is 38.7. The monoisotopic (exact) mass is 719 g/mol. The molecule has 0 radical (unpaired) electrons. The van der Waals surface area contributed by atoms with Crippen molar-refractivity contribution < 1.29 is 18.0 Å². The largest absolute Gasteiger partial charge is 0.351 e. The lowest BCUT2D eigenvalue weighted by Crippen LogP contribution is -2.31. The van der Waals surface area contributed by atoms with Gasteiger partial charge in [0.2, 0.25) is 5.91 Å². The van der Waals surface area contributed by atoms with E-state index in [9.17, 15) is 22.8 Å². The van der Waals surface area contributed by atoms with Crippen LogP contribution in [-0.2, 0) is 27.8 Å². The van der Waals surface area contributed by atoms with E-state index in [-0.39, 0.29) is 33.6 Å². The molecule has 254 valence electrons. The minimum absolute atomic E-state index is 0.0418. The molecule has 1 heterocycles. The smallest absolute Gasteiger partial charge is 0.326 e. The maximum atomic E-state index is 13.8. The Labute approximate surface area is 294 Å². The second-order valence-electron chi connectivity index (χ2n) is 11.4. The zero-order valence-electron chi connectivity index (χ0n) is 26.9. The summed E-state index contributed by atoms with van der Waals surface area (Å²) >= 11 is 12.6. The number of aromatic nitrogens is 3. The van der Waals surface area contributed by atoms with Crippen molar-refractivity contribution in [2.24, 2.45) is 0 Å². The highest BCUT2D eigenvalue weighted by atomic mass is 35.5. The van der Waals surface area contributed by atoms with Gasteiger partial charge in [-0.2, -0.15) is 4.68 Å². The third-order valence-corrected chi connectivity index (χ3v) is 9.79. The zero-order chi connectivity index (χ0) is 35.1. The molecule has 5 rings (SSSR count). The fourth-order valence-corrected chi connectivity index (χ4v) is 6.88. The molecular weight excluding hydrogens is 685 g/mol. The van der Waals surface area contributed by atoms with Crippen molar-refractivity contribution in [3.63, 3.8) is 0 Å². The first-order chi connectivity index (χ1) is 23.5. The number of unbranched alkanes of at least 4 members (excludes halogenated alkanes) is 1. The van der Waals surface area contributed by atoms with Gasteiger partial charge < -0.3 is 5.32 Å². The second kappa shape index (κ2) is 15.7. The van der Waals surface area contributed by atoms with Gasteiger partial charge in [0.25, 0.3) is 15.9 Å². The number of amides is 2. The number of anilines is 1. The Bertz CT molecular complexity index is 2160. The number of sulfonamides is 1. The van der Waals surface area contributed by atoms with Crippen LogP contribution in [0.5, 0.6) is 0 Å². The number of hydrogen-bond donors (Lipinski definition) is 2. The van der Waals surface area contributed by atoms with Crippen LogP contribution in [0.4, 0.5) is 5.69 Å². The molecule has 0 spiro atoms. The summed E-state index contributed by atoms with van der Waals surface area (Å²) in [5.74, 6) is -0.393. The molecular formula is C36H35Cl2N5O5S. The molecule has 0 bridgehead atoms. The summed E-state index contributed by atoms with van der Waals surface area (Å²) in [5, 5.41) is 7.92. The van der Waals surface area contributed by atoms with Crippen LogP contribution < -0.4 is 15.7 Å². The Hall–Kier alpha value is -4.71. The van der Waals surface area contributed by atoms with E-state index in [1.54, 1.807) is 65.2 Å². The second-order valence-corrected chi connectivity index (χ2v) is 13.8. The molecule has 0 fully saturated rings. The number of hydrogen-bond acceptors (Lipinski definition) is 6. The summed E-state index contributed by atoms with van der Waals surface area (Å²) in [6.07, 6.45) is 3.35. The zero-order valence-corrected chi connectivity index (χ0v) is 29.3. The van der Waals surface area contributed by atoms with Crippen molar-refractivity contribution in [2.45, 2.75) is 57.4 Å². The van der Waals surface area contributed by atoms with Gasteiger partial charge in [0.15, 0.2) is 0 Å². The van der Waals surface area contributed by atoms with Crippen molar-refractivity contribution in [2.75, 3.05) is 5.32 Å². The maximum Gasteiger partial charge on any atom is 0.351 e. The lowest BCUT2D eigenvalue weighted by Gasteiger charge is -2.13. The van der Waals surface area contributed by atoms with Crippen molar-refractivity contribution in [3.8, 4) is 16.8 Å². The molecule has 1 aromatic heterocycles. The van der Waals surface area contributed by atoms with Gasteiger partial charge in [0.05, 0.1) is 32.7 Å². The molecule has 10 nitrogen and oxygen atoms in total. The lowest BCUT2D eigenvalue weighted by molar-refractivity contribution is -0.116. The molecule has 0 saturated carbocycles. The number of benzene rings is 4. The Morgan fingerprint density at radius 2 is 1.57 bits per heavy atom. The Morgan fingerprint density at radius 1 is 0.857 bits per heavy atom. The minimum Gasteiger partial charge on any atom is -0.326 e. The first-order valence-corrected chi connectivity index (χ1v) is 18.0. The van der Waals surface area contributed by atoms with Crippen molar-refractivity contribution in [3.05, 3.63) is 128 Å². The summed E-state index contributed by atoms with van der Waals surface area (Å²) in [7, 11) is -4.27. The molecule has 49 heavy (non-hydrogen) atoms. The number of carbonyl (C=O) groups is 2. The quantitative estimate of drug-likeness (QED) is 0.132. The van der Waals surface area contributed by atoms with Crippen LogP contribution in [-0.4, -0.2) is 34.6 Å². The number of aryl methyl sites for hydroxylation is 1. The molecule has 0 aliphatic carbocycles. The van der Waals surface area contributed by atoms with Gasteiger partial charge >= 0.3 is 5.69 Å². The summed E-state index contributed by atoms with van der Waals surface area (Å²) < 4.78 is 31.7. The SMILES string of the molecule is CCCCc1nn(-c2cc(NC(=O)CCC)ccc2Cl)c(=O)n1Cc1ccc(-c2ccccc2S(=O)(=O)NC(=O)c2ccccc2Cl)cc1. The third kappa shape index (κ3) is 8.30. The van der Waals surface area contributed by atoms with Gasteiger partial charge in [0, 0.05) is 24.1 Å². The average Bonchev–Trinajstić information content (AvgIpc) is 3.39. The van der Waals surface area contributed by atoms with E-state index < -0.39 is 15.9 Å².